The van der Waals surface area contributed by atoms with Gasteiger partial charge in [-0.15, -0.1) is 0 Å². The third-order valence-corrected chi connectivity index (χ3v) is 3.91. The normalized spacial score (nSPS) is 19.1. The molecule has 1 aromatic rings. The Bertz CT molecular complexity index is 430. The van der Waals surface area contributed by atoms with Crippen molar-refractivity contribution in [1.82, 2.24) is 0 Å². The van der Waals surface area contributed by atoms with Crippen LogP contribution in [0.5, 0.6) is 0 Å². The number of rotatable bonds is 3. The number of hydrogen-bond donors (Lipinski definition) is 1. The molecular weight excluding hydrogens is 234 g/mol. The van der Waals surface area contributed by atoms with Crippen molar-refractivity contribution in [3.8, 4) is 0 Å². The summed E-state index contributed by atoms with van der Waals surface area (Å²) in [6.45, 7) is 12.5. The van der Waals surface area contributed by atoms with Gasteiger partial charge in [0.15, 0.2) is 0 Å². The van der Waals surface area contributed by atoms with E-state index in [-0.39, 0.29) is 16.4 Å². The highest BCUT2D eigenvalue weighted by molar-refractivity contribution is 5.34. The molecule has 2 heteroatoms. The predicted molar refractivity (Wildman–Crippen MR) is 80.5 cm³/mol. The lowest BCUT2D eigenvalue weighted by Crippen LogP contribution is -2.53. The van der Waals surface area contributed by atoms with Crippen LogP contribution in [0.3, 0.4) is 0 Å². The fourth-order valence-corrected chi connectivity index (χ4v) is 2.92. The summed E-state index contributed by atoms with van der Waals surface area (Å²) in [5.41, 5.74) is 9.11. The molecule has 19 heavy (non-hydrogen) atoms. The van der Waals surface area contributed by atoms with Crippen molar-refractivity contribution >= 4 is 0 Å². The van der Waals surface area contributed by atoms with E-state index in [1.165, 1.54) is 11.1 Å². The molecule has 2 nitrogen and oxygen atoms in total. The molecule has 106 valence electrons. The summed E-state index contributed by atoms with van der Waals surface area (Å²) in [5.74, 6) is 0. The highest BCUT2D eigenvalue weighted by atomic mass is 16.5. The molecule has 0 radical (unpaired) electrons. The smallest absolute Gasteiger partial charge is 0.0586 e. The molecule has 1 fully saturated rings. The summed E-state index contributed by atoms with van der Waals surface area (Å²) in [6.07, 6.45) is 0.967. The maximum atomic E-state index is 6.21. The molecule has 2 N–H and O–H groups in total. The van der Waals surface area contributed by atoms with Crippen molar-refractivity contribution in [2.45, 2.75) is 57.4 Å². The van der Waals surface area contributed by atoms with Crippen LogP contribution in [0.4, 0.5) is 0 Å². The zero-order valence-electron chi connectivity index (χ0n) is 12.9. The van der Waals surface area contributed by atoms with Gasteiger partial charge in [0.25, 0.3) is 0 Å². The van der Waals surface area contributed by atoms with Gasteiger partial charge in [-0.3, -0.25) is 0 Å². The van der Waals surface area contributed by atoms with Crippen molar-refractivity contribution < 1.29 is 4.74 Å². The lowest BCUT2D eigenvalue weighted by Gasteiger charge is -2.45. The molecule has 0 spiro atoms. The van der Waals surface area contributed by atoms with Crippen molar-refractivity contribution in [3.05, 3.63) is 35.4 Å². The summed E-state index contributed by atoms with van der Waals surface area (Å²) >= 11 is 0. The molecule has 1 aliphatic heterocycles. The van der Waals surface area contributed by atoms with Gasteiger partial charge >= 0.3 is 0 Å². The fraction of sp³-hybridized carbons (Fsp3) is 0.647. The van der Waals surface area contributed by atoms with Crippen LogP contribution in [0.15, 0.2) is 24.3 Å². The van der Waals surface area contributed by atoms with E-state index < -0.39 is 0 Å². The molecule has 1 aliphatic rings. The highest BCUT2D eigenvalue weighted by Gasteiger charge is 2.43. The average molecular weight is 261 g/mol. The standard InChI is InChI=1S/C17H27NO/c1-15(2,3)13-6-8-14(9-7-13)17(11-19-12-17)10-16(4,5)18/h6-9H,10-12,18H2,1-5H3. The van der Waals surface area contributed by atoms with Gasteiger partial charge < -0.3 is 10.5 Å². The SMILES string of the molecule is CC(C)(N)CC1(c2ccc(C(C)(C)C)cc2)COC1. The van der Waals surface area contributed by atoms with E-state index in [0.717, 1.165) is 19.6 Å². The van der Waals surface area contributed by atoms with Crippen molar-refractivity contribution in [3.63, 3.8) is 0 Å². The Morgan fingerprint density at radius 2 is 1.58 bits per heavy atom. The molecule has 0 aromatic heterocycles. The van der Waals surface area contributed by atoms with E-state index >= 15 is 0 Å². The van der Waals surface area contributed by atoms with Crippen LogP contribution in [0.25, 0.3) is 0 Å². The quantitative estimate of drug-likeness (QED) is 0.905. The third kappa shape index (κ3) is 3.18. The zero-order chi connectivity index (χ0) is 14.3. The molecule has 1 aromatic carbocycles. The third-order valence-electron chi connectivity index (χ3n) is 3.91. The predicted octanol–water partition coefficient (Wildman–Crippen LogP) is 3.38. The Morgan fingerprint density at radius 3 is 1.89 bits per heavy atom. The topological polar surface area (TPSA) is 35.2 Å². The van der Waals surface area contributed by atoms with Gasteiger partial charge in [0.05, 0.1) is 13.2 Å². The fourth-order valence-electron chi connectivity index (χ4n) is 2.92. The van der Waals surface area contributed by atoms with Gasteiger partial charge in [-0.05, 0) is 36.8 Å². The Kier molecular flexibility index (Phi) is 3.53. The summed E-state index contributed by atoms with van der Waals surface area (Å²) in [4.78, 5) is 0. The van der Waals surface area contributed by atoms with Crippen molar-refractivity contribution in [2.75, 3.05) is 13.2 Å². The van der Waals surface area contributed by atoms with Crippen LogP contribution in [0.2, 0.25) is 0 Å². The second-order valence-electron chi connectivity index (χ2n) is 7.77. The average Bonchev–Trinajstić information content (AvgIpc) is 2.21. The minimum absolute atomic E-state index is 0.120. The molecular formula is C17H27NO. The Hall–Kier alpha value is -0.860. The zero-order valence-corrected chi connectivity index (χ0v) is 12.9. The van der Waals surface area contributed by atoms with Gasteiger partial charge in [-0.1, -0.05) is 45.0 Å². The van der Waals surface area contributed by atoms with E-state index in [2.05, 4.69) is 58.9 Å². The van der Waals surface area contributed by atoms with Crippen LogP contribution in [-0.2, 0) is 15.6 Å². The maximum absolute atomic E-state index is 6.21. The largest absolute Gasteiger partial charge is 0.379 e. The monoisotopic (exact) mass is 261 g/mol. The lowest BCUT2D eigenvalue weighted by molar-refractivity contribution is -0.0719. The van der Waals surface area contributed by atoms with Gasteiger partial charge in [-0.2, -0.15) is 0 Å². The van der Waals surface area contributed by atoms with E-state index in [1.807, 2.05) is 0 Å². The molecule has 0 amide bonds. The molecule has 0 saturated carbocycles. The van der Waals surface area contributed by atoms with Crippen LogP contribution >= 0.6 is 0 Å². The second kappa shape index (κ2) is 4.60. The highest BCUT2D eigenvalue weighted by Crippen LogP contribution is 2.39. The van der Waals surface area contributed by atoms with Gasteiger partial charge in [0, 0.05) is 11.0 Å². The van der Waals surface area contributed by atoms with Gasteiger partial charge in [0.1, 0.15) is 0 Å². The first-order chi connectivity index (χ1) is 8.62. The summed E-state index contributed by atoms with van der Waals surface area (Å²) in [7, 11) is 0. The Balaban J connectivity index is 2.25. The summed E-state index contributed by atoms with van der Waals surface area (Å²) in [6, 6.07) is 9.02. The molecule has 0 unspecified atom stereocenters. The van der Waals surface area contributed by atoms with Crippen LogP contribution in [0, 0.1) is 0 Å². The molecule has 0 bridgehead atoms. The van der Waals surface area contributed by atoms with E-state index in [1.54, 1.807) is 0 Å². The molecule has 2 rings (SSSR count). The first kappa shape index (κ1) is 14.5. The number of ether oxygens (including phenoxy) is 1. The molecule has 1 saturated heterocycles. The number of nitrogens with two attached hydrogens (primary N) is 1. The van der Waals surface area contributed by atoms with Crippen molar-refractivity contribution in [2.24, 2.45) is 5.73 Å². The molecule has 1 heterocycles. The molecule has 0 aliphatic carbocycles. The minimum Gasteiger partial charge on any atom is -0.379 e. The molecule has 0 atom stereocenters. The van der Waals surface area contributed by atoms with Gasteiger partial charge in [-0.25, -0.2) is 0 Å². The van der Waals surface area contributed by atoms with E-state index in [9.17, 15) is 0 Å². The Labute approximate surface area is 117 Å². The maximum Gasteiger partial charge on any atom is 0.0586 e. The minimum atomic E-state index is -0.160. The van der Waals surface area contributed by atoms with E-state index in [4.69, 9.17) is 10.5 Å². The summed E-state index contributed by atoms with van der Waals surface area (Å²) < 4.78 is 5.48. The first-order valence-electron chi connectivity index (χ1n) is 7.10. The van der Waals surface area contributed by atoms with E-state index in [0.29, 0.717) is 0 Å². The van der Waals surface area contributed by atoms with Crippen LogP contribution < -0.4 is 5.73 Å². The number of benzene rings is 1. The van der Waals surface area contributed by atoms with Crippen LogP contribution in [0.1, 0.15) is 52.2 Å². The Morgan fingerprint density at radius 1 is 1.05 bits per heavy atom. The lowest BCUT2D eigenvalue weighted by atomic mass is 9.70. The first-order valence-corrected chi connectivity index (χ1v) is 7.10. The van der Waals surface area contributed by atoms with Crippen LogP contribution in [-0.4, -0.2) is 18.8 Å². The number of hydrogen-bond acceptors (Lipinski definition) is 2. The van der Waals surface area contributed by atoms with Gasteiger partial charge in [0.2, 0.25) is 0 Å². The van der Waals surface area contributed by atoms with Crippen molar-refractivity contribution in [1.29, 1.82) is 0 Å². The summed E-state index contributed by atoms with van der Waals surface area (Å²) in [5, 5.41) is 0. The second-order valence-corrected chi connectivity index (χ2v) is 7.77.